The van der Waals surface area contributed by atoms with Crippen LogP contribution in [-0.2, 0) is 11.3 Å². The van der Waals surface area contributed by atoms with Crippen molar-refractivity contribution in [1.82, 2.24) is 9.78 Å². The number of ether oxygens (including phenoxy) is 1. The van der Waals surface area contributed by atoms with Crippen molar-refractivity contribution in [3.63, 3.8) is 0 Å². The molecule has 112 valence electrons. The summed E-state index contributed by atoms with van der Waals surface area (Å²) in [5.41, 5.74) is 0.162. The molecule has 0 saturated carbocycles. The van der Waals surface area contributed by atoms with Crippen molar-refractivity contribution in [2.24, 2.45) is 5.92 Å². The molecule has 1 aromatic rings. The number of aliphatic hydroxyl groups excluding tert-OH is 1. The number of rotatable bonds is 5. The predicted molar refractivity (Wildman–Crippen MR) is 77.2 cm³/mol. The molecule has 1 aliphatic rings. The number of anilines is 1. The molecule has 1 aliphatic heterocycles. The maximum atomic E-state index is 11.9. The standard InChI is InChI=1S/C13H20ClN3O3/c1-9(10-2-6-20-7-3-10)16-11-8-15-17(4-5-18)13(19)12(11)14/h8-10,16,18H,2-7H2,1H3. The van der Waals surface area contributed by atoms with E-state index >= 15 is 0 Å². The summed E-state index contributed by atoms with van der Waals surface area (Å²) in [5.74, 6) is 0.500. The summed E-state index contributed by atoms with van der Waals surface area (Å²) >= 11 is 6.07. The van der Waals surface area contributed by atoms with Crippen molar-refractivity contribution in [1.29, 1.82) is 0 Å². The first kappa shape index (κ1) is 15.3. The monoisotopic (exact) mass is 301 g/mol. The zero-order chi connectivity index (χ0) is 14.5. The van der Waals surface area contributed by atoms with E-state index in [1.165, 1.54) is 6.20 Å². The highest BCUT2D eigenvalue weighted by Crippen LogP contribution is 2.23. The normalized spacial score (nSPS) is 17.9. The van der Waals surface area contributed by atoms with Gasteiger partial charge in [-0.3, -0.25) is 4.79 Å². The molecule has 6 nitrogen and oxygen atoms in total. The minimum Gasteiger partial charge on any atom is -0.394 e. The molecule has 0 radical (unpaired) electrons. The Bertz CT molecular complexity index is 500. The maximum Gasteiger partial charge on any atom is 0.287 e. The fourth-order valence-corrected chi connectivity index (χ4v) is 2.60. The molecule has 7 heteroatoms. The summed E-state index contributed by atoms with van der Waals surface area (Å²) in [5, 5.41) is 16.2. The van der Waals surface area contributed by atoms with E-state index in [0.29, 0.717) is 11.6 Å². The molecule has 0 aromatic carbocycles. The number of hydrogen-bond donors (Lipinski definition) is 2. The number of hydrogen-bond acceptors (Lipinski definition) is 5. The zero-order valence-electron chi connectivity index (χ0n) is 11.5. The third-order valence-corrected chi connectivity index (χ3v) is 4.02. The summed E-state index contributed by atoms with van der Waals surface area (Å²) in [7, 11) is 0. The van der Waals surface area contributed by atoms with Crippen LogP contribution in [0.2, 0.25) is 5.02 Å². The Morgan fingerprint density at radius 1 is 1.60 bits per heavy atom. The van der Waals surface area contributed by atoms with Crippen molar-refractivity contribution >= 4 is 17.3 Å². The highest BCUT2D eigenvalue weighted by molar-refractivity contribution is 6.32. The number of nitrogens with zero attached hydrogens (tertiary/aromatic N) is 2. The summed E-state index contributed by atoms with van der Waals surface area (Å²) in [4.78, 5) is 11.9. The van der Waals surface area contributed by atoms with Crippen LogP contribution in [0.4, 0.5) is 5.69 Å². The highest BCUT2D eigenvalue weighted by atomic mass is 35.5. The predicted octanol–water partition coefficient (Wildman–Crippen LogP) is 1.12. The lowest BCUT2D eigenvalue weighted by atomic mass is 9.93. The smallest absolute Gasteiger partial charge is 0.287 e. The minimum atomic E-state index is -0.384. The van der Waals surface area contributed by atoms with Crippen LogP contribution in [0, 0.1) is 5.92 Å². The third kappa shape index (κ3) is 3.50. The molecule has 1 fully saturated rings. The van der Waals surface area contributed by atoms with Gasteiger partial charge >= 0.3 is 0 Å². The van der Waals surface area contributed by atoms with Crippen LogP contribution in [0.5, 0.6) is 0 Å². The van der Waals surface area contributed by atoms with E-state index in [2.05, 4.69) is 17.3 Å². The molecule has 2 rings (SSSR count). The van der Waals surface area contributed by atoms with Gasteiger partial charge in [-0.25, -0.2) is 4.68 Å². The second-order valence-corrected chi connectivity index (χ2v) is 5.38. The van der Waals surface area contributed by atoms with Crippen molar-refractivity contribution in [3.8, 4) is 0 Å². The fraction of sp³-hybridized carbons (Fsp3) is 0.692. The lowest BCUT2D eigenvalue weighted by Crippen LogP contribution is -2.32. The van der Waals surface area contributed by atoms with Crippen molar-refractivity contribution in [3.05, 3.63) is 21.6 Å². The van der Waals surface area contributed by atoms with Gasteiger partial charge in [0.2, 0.25) is 0 Å². The van der Waals surface area contributed by atoms with Gasteiger partial charge in [-0.2, -0.15) is 5.10 Å². The Kier molecular flexibility index (Phi) is 5.39. The van der Waals surface area contributed by atoms with Gasteiger partial charge in [0.05, 0.1) is 25.0 Å². The van der Waals surface area contributed by atoms with Crippen LogP contribution in [0.1, 0.15) is 19.8 Å². The highest BCUT2D eigenvalue weighted by Gasteiger charge is 2.21. The van der Waals surface area contributed by atoms with Gasteiger partial charge in [0, 0.05) is 19.3 Å². The first-order valence-electron chi connectivity index (χ1n) is 6.84. The lowest BCUT2D eigenvalue weighted by Gasteiger charge is -2.29. The number of halogens is 1. The first-order valence-corrected chi connectivity index (χ1v) is 7.22. The molecule has 0 spiro atoms. The summed E-state index contributed by atoms with van der Waals surface area (Å²) in [6.45, 7) is 3.63. The Morgan fingerprint density at radius 2 is 2.30 bits per heavy atom. The second kappa shape index (κ2) is 7.06. The maximum absolute atomic E-state index is 11.9. The van der Waals surface area contributed by atoms with Gasteiger partial charge in [-0.05, 0) is 25.7 Å². The van der Waals surface area contributed by atoms with E-state index in [1.54, 1.807) is 0 Å². The van der Waals surface area contributed by atoms with E-state index in [4.69, 9.17) is 21.4 Å². The molecular formula is C13H20ClN3O3. The molecule has 1 unspecified atom stereocenters. The summed E-state index contributed by atoms with van der Waals surface area (Å²) in [6, 6.07) is 0.200. The van der Waals surface area contributed by atoms with E-state index in [9.17, 15) is 4.79 Å². The van der Waals surface area contributed by atoms with Gasteiger partial charge in [-0.15, -0.1) is 0 Å². The molecular weight excluding hydrogens is 282 g/mol. The molecule has 1 atom stereocenters. The lowest BCUT2D eigenvalue weighted by molar-refractivity contribution is 0.0622. The van der Waals surface area contributed by atoms with Crippen LogP contribution < -0.4 is 10.9 Å². The minimum absolute atomic E-state index is 0.118. The largest absolute Gasteiger partial charge is 0.394 e. The van der Waals surface area contributed by atoms with Crippen molar-refractivity contribution in [2.45, 2.75) is 32.4 Å². The number of aromatic nitrogens is 2. The molecule has 1 aromatic heterocycles. The first-order chi connectivity index (χ1) is 9.63. The topological polar surface area (TPSA) is 76.4 Å². The molecule has 2 N–H and O–H groups in total. The zero-order valence-corrected chi connectivity index (χ0v) is 12.3. The molecule has 1 saturated heterocycles. The average Bonchev–Trinajstić information content (AvgIpc) is 2.48. The van der Waals surface area contributed by atoms with Crippen LogP contribution >= 0.6 is 11.6 Å². The Hall–Kier alpha value is -1.11. The number of nitrogens with one attached hydrogen (secondary N) is 1. The van der Waals surface area contributed by atoms with E-state index in [0.717, 1.165) is 30.7 Å². The average molecular weight is 302 g/mol. The van der Waals surface area contributed by atoms with Gasteiger partial charge in [-0.1, -0.05) is 11.6 Å². The number of aliphatic hydroxyl groups is 1. The van der Waals surface area contributed by atoms with Gasteiger partial charge in [0.1, 0.15) is 5.02 Å². The molecule has 0 aliphatic carbocycles. The fourth-order valence-electron chi connectivity index (χ4n) is 2.40. The third-order valence-electron chi connectivity index (χ3n) is 3.65. The van der Waals surface area contributed by atoms with Crippen LogP contribution in [0.15, 0.2) is 11.0 Å². The Labute approximate surface area is 122 Å². The molecule has 20 heavy (non-hydrogen) atoms. The Morgan fingerprint density at radius 3 is 2.95 bits per heavy atom. The summed E-state index contributed by atoms with van der Waals surface area (Å²) in [6.07, 6.45) is 3.54. The SMILES string of the molecule is CC(Nc1cnn(CCO)c(=O)c1Cl)C1CCOCC1. The van der Waals surface area contributed by atoms with Gasteiger partial charge < -0.3 is 15.2 Å². The Balaban J connectivity index is 2.09. The van der Waals surface area contributed by atoms with E-state index in [-0.39, 0.29) is 29.8 Å². The van der Waals surface area contributed by atoms with Crippen molar-refractivity contribution < 1.29 is 9.84 Å². The van der Waals surface area contributed by atoms with Gasteiger partial charge in [0.15, 0.2) is 0 Å². The molecule has 0 bridgehead atoms. The molecule has 2 heterocycles. The van der Waals surface area contributed by atoms with Crippen molar-refractivity contribution in [2.75, 3.05) is 25.1 Å². The van der Waals surface area contributed by atoms with Gasteiger partial charge in [0.25, 0.3) is 5.56 Å². The van der Waals surface area contributed by atoms with E-state index in [1.807, 2.05) is 0 Å². The quantitative estimate of drug-likeness (QED) is 0.852. The summed E-state index contributed by atoms with van der Waals surface area (Å²) < 4.78 is 6.50. The molecule has 0 amide bonds. The van der Waals surface area contributed by atoms with Crippen LogP contribution in [-0.4, -0.2) is 40.7 Å². The second-order valence-electron chi connectivity index (χ2n) is 5.01. The van der Waals surface area contributed by atoms with Crippen LogP contribution in [0.25, 0.3) is 0 Å². The van der Waals surface area contributed by atoms with Crippen LogP contribution in [0.3, 0.4) is 0 Å². The van der Waals surface area contributed by atoms with E-state index < -0.39 is 0 Å².